The Morgan fingerprint density at radius 1 is 0.842 bits per heavy atom. The molecule has 0 fully saturated rings. The maximum absolute atomic E-state index is 10.4. The van der Waals surface area contributed by atoms with Crippen molar-refractivity contribution in [3.8, 4) is 0 Å². The molecule has 0 amide bonds. The van der Waals surface area contributed by atoms with Crippen LogP contribution in [-0.2, 0) is 45.8 Å². The van der Waals surface area contributed by atoms with Crippen LogP contribution in [0.4, 0.5) is 0 Å². The summed E-state index contributed by atoms with van der Waals surface area (Å²) >= 11 is -2.26. The number of carbonyl (C=O) groups is 2. The van der Waals surface area contributed by atoms with Gasteiger partial charge in [-0.3, -0.25) is 9.59 Å². The maximum atomic E-state index is 10.4. The summed E-state index contributed by atoms with van der Waals surface area (Å²) in [5, 5.41) is 0. The Bertz CT molecular complexity index is 220. The van der Waals surface area contributed by atoms with Crippen molar-refractivity contribution in [2.24, 2.45) is 0 Å². The van der Waals surface area contributed by atoms with E-state index in [-0.39, 0.29) is 12.2 Å². The Morgan fingerprint density at radius 2 is 1.26 bits per heavy atom. The molecule has 0 aromatic carbocycles. The van der Waals surface area contributed by atoms with Crippen molar-refractivity contribution in [1.82, 2.24) is 0 Å². The van der Waals surface area contributed by atoms with Crippen LogP contribution in [0.5, 0.6) is 0 Å². The molecule has 0 atom stereocenters. The van der Waals surface area contributed by atoms with Crippen molar-refractivity contribution in [2.45, 2.75) is 41.0 Å². The number of ketones is 1. The van der Waals surface area contributed by atoms with E-state index in [1.54, 1.807) is 6.92 Å². The average Bonchev–Trinajstić information content (AvgIpc) is 2.30. The van der Waals surface area contributed by atoms with E-state index in [0.29, 0.717) is 26.4 Å². The SMILES string of the molecule is CCOC(=O)CC(C)=O.CC[O][Zr]([O]CC)[O]CC. The van der Waals surface area contributed by atoms with E-state index in [2.05, 4.69) is 4.74 Å². The van der Waals surface area contributed by atoms with Gasteiger partial charge >= 0.3 is 78.1 Å². The van der Waals surface area contributed by atoms with Gasteiger partial charge in [0.1, 0.15) is 12.2 Å². The van der Waals surface area contributed by atoms with Gasteiger partial charge < -0.3 is 4.74 Å². The molecule has 0 N–H and O–H groups in total. The first-order valence-electron chi connectivity index (χ1n) is 6.41. The molecule has 0 aliphatic heterocycles. The molecule has 0 aliphatic rings. The summed E-state index contributed by atoms with van der Waals surface area (Å²) in [4.78, 5) is 20.6. The fourth-order valence-electron chi connectivity index (χ4n) is 0.894. The molecule has 0 spiro atoms. The zero-order valence-electron chi connectivity index (χ0n) is 12.5. The normalized spacial score (nSPS) is 9.32. The van der Waals surface area contributed by atoms with Crippen molar-refractivity contribution in [3.63, 3.8) is 0 Å². The van der Waals surface area contributed by atoms with Gasteiger partial charge in [0.25, 0.3) is 0 Å². The second-order valence-corrected chi connectivity index (χ2v) is 6.59. The third-order valence-electron chi connectivity index (χ3n) is 1.49. The van der Waals surface area contributed by atoms with E-state index in [4.69, 9.17) is 8.44 Å². The summed E-state index contributed by atoms with van der Waals surface area (Å²) in [6.07, 6.45) is -0.103. The molecule has 0 saturated carbocycles. The van der Waals surface area contributed by atoms with Crippen LogP contribution in [0, 0.1) is 0 Å². The third-order valence-corrected chi connectivity index (χ3v) is 5.35. The van der Waals surface area contributed by atoms with Crippen LogP contribution >= 0.6 is 0 Å². The first-order valence-corrected chi connectivity index (χ1v) is 9.43. The molecule has 0 aliphatic carbocycles. The van der Waals surface area contributed by atoms with Crippen LogP contribution in [0.15, 0.2) is 0 Å². The second kappa shape index (κ2) is 16.0. The molecule has 0 saturated heterocycles. The van der Waals surface area contributed by atoms with Crippen molar-refractivity contribution in [2.75, 3.05) is 26.4 Å². The number of esters is 1. The summed E-state index contributed by atoms with van der Waals surface area (Å²) in [5.74, 6) is -0.599. The molecule has 0 bridgehead atoms. The minimum atomic E-state index is -2.26. The van der Waals surface area contributed by atoms with E-state index in [9.17, 15) is 9.59 Å². The van der Waals surface area contributed by atoms with E-state index in [1.165, 1.54) is 6.92 Å². The topological polar surface area (TPSA) is 71.1 Å². The molecular weight excluding hydrogens is 331 g/mol. The number of hydrogen-bond acceptors (Lipinski definition) is 6. The summed E-state index contributed by atoms with van der Waals surface area (Å²) < 4.78 is 20.3. The van der Waals surface area contributed by atoms with Gasteiger partial charge in [0.15, 0.2) is 0 Å². The van der Waals surface area contributed by atoms with Crippen molar-refractivity contribution < 1.29 is 45.8 Å². The fourth-order valence-corrected chi connectivity index (χ4v) is 3.25. The third kappa shape index (κ3) is 17.9. The van der Waals surface area contributed by atoms with Gasteiger partial charge in [0, 0.05) is 0 Å². The monoisotopic (exact) mass is 355 g/mol. The zero-order valence-corrected chi connectivity index (χ0v) is 14.9. The van der Waals surface area contributed by atoms with E-state index >= 15 is 0 Å². The van der Waals surface area contributed by atoms with Gasteiger partial charge in [0.05, 0.1) is 6.61 Å². The van der Waals surface area contributed by atoms with Gasteiger partial charge in [-0.15, -0.1) is 0 Å². The number of ether oxygens (including phenoxy) is 1. The van der Waals surface area contributed by atoms with Crippen molar-refractivity contribution in [1.29, 1.82) is 0 Å². The van der Waals surface area contributed by atoms with Gasteiger partial charge in [0.2, 0.25) is 0 Å². The molecule has 0 heterocycles. The van der Waals surface area contributed by atoms with Crippen LogP contribution in [0.1, 0.15) is 41.0 Å². The molecule has 0 unspecified atom stereocenters. The number of Topliss-reactive ketones (excluding diaryl/α,β-unsaturated/α-hetero) is 1. The predicted octanol–water partition coefficient (Wildman–Crippen LogP) is 1.99. The van der Waals surface area contributed by atoms with E-state index < -0.39 is 29.0 Å². The number of rotatable bonds is 9. The molecular formula is C12H25O6Zr. The van der Waals surface area contributed by atoms with Gasteiger partial charge in [-0.2, -0.15) is 0 Å². The quantitative estimate of drug-likeness (QED) is 0.465. The molecule has 0 aromatic rings. The summed E-state index contributed by atoms with van der Waals surface area (Å²) in [5.41, 5.74) is 0. The standard InChI is InChI=1S/C6H10O3.3C2H5O.Zr/c1-3-9-6(8)4-5(2)7;3*1-2-3;/h3-4H2,1-2H3;3*2H2,1H3;/q;3*-1;+3. The summed E-state index contributed by atoms with van der Waals surface area (Å²) in [6.45, 7) is 11.4. The van der Waals surface area contributed by atoms with E-state index in [0.717, 1.165) is 0 Å². The molecule has 0 aromatic heterocycles. The van der Waals surface area contributed by atoms with Crippen LogP contribution in [-0.4, -0.2) is 38.2 Å². The average molecular weight is 357 g/mol. The molecule has 19 heavy (non-hydrogen) atoms. The van der Waals surface area contributed by atoms with Crippen molar-refractivity contribution >= 4 is 11.8 Å². The number of carbonyl (C=O) groups excluding carboxylic acids is 2. The Kier molecular flexibility index (Phi) is 17.8. The van der Waals surface area contributed by atoms with Gasteiger partial charge in [-0.25, -0.2) is 0 Å². The molecule has 0 radical (unpaired) electrons. The van der Waals surface area contributed by atoms with Crippen LogP contribution in [0.25, 0.3) is 0 Å². The number of hydrogen-bond donors (Lipinski definition) is 0. The molecule has 7 heteroatoms. The van der Waals surface area contributed by atoms with Crippen molar-refractivity contribution in [3.05, 3.63) is 0 Å². The first kappa shape index (κ1) is 21.2. The summed E-state index contributed by atoms with van der Waals surface area (Å²) in [6, 6.07) is 0. The molecule has 113 valence electrons. The zero-order chi connectivity index (χ0) is 15.1. The van der Waals surface area contributed by atoms with Crippen LogP contribution in [0.3, 0.4) is 0 Å². The fraction of sp³-hybridized carbons (Fsp3) is 0.833. The Labute approximate surface area is 125 Å². The van der Waals surface area contributed by atoms with Crippen LogP contribution < -0.4 is 0 Å². The van der Waals surface area contributed by atoms with Gasteiger partial charge in [-0.05, 0) is 13.8 Å². The Hall–Kier alpha value is -0.0969. The summed E-state index contributed by atoms with van der Waals surface area (Å²) in [7, 11) is 0. The first-order chi connectivity index (χ1) is 9.01. The second-order valence-electron chi connectivity index (χ2n) is 3.23. The van der Waals surface area contributed by atoms with Crippen LogP contribution in [0.2, 0.25) is 0 Å². The predicted molar refractivity (Wildman–Crippen MR) is 66.8 cm³/mol. The van der Waals surface area contributed by atoms with Gasteiger partial charge in [-0.1, -0.05) is 0 Å². The molecule has 6 nitrogen and oxygen atoms in total. The molecule has 0 rings (SSSR count). The Morgan fingerprint density at radius 3 is 1.53 bits per heavy atom. The Balaban J connectivity index is 0. The van der Waals surface area contributed by atoms with E-state index in [1.807, 2.05) is 20.8 Å². The minimum absolute atomic E-state index is 0.103.